The van der Waals surface area contributed by atoms with Crippen molar-refractivity contribution in [2.24, 2.45) is 17.4 Å². The summed E-state index contributed by atoms with van der Waals surface area (Å²) < 4.78 is 1.11. The molecule has 2 rings (SSSR count). The number of nitrogens with zero attached hydrogens (tertiary/aromatic N) is 1. The van der Waals surface area contributed by atoms with Crippen molar-refractivity contribution in [1.82, 2.24) is 4.90 Å². The highest BCUT2D eigenvalue weighted by molar-refractivity contribution is 9.10. The lowest BCUT2D eigenvalue weighted by atomic mass is 9.84. The molecule has 0 radical (unpaired) electrons. The van der Waals surface area contributed by atoms with Crippen LogP contribution in [-0.2, 0) is 0 Å². The van der Waals surface area contributed by atoms with E-state index in [0.717, 1.165) is 30.7 Å². The van der Waals surface area contributed by atoms with Crippen molar-refractivity contribution < 1.29 is 0 Å². The van der Waals surface area contributed by atoms with Crippen LogP contribution >= 0.6 is 15.9 Å². The largest absolute Gasteiger partial charge is 0.329 e. The second kappa shape index (κ2) is 6.84. The Balaban J connectivity index is 2.01. The zero-order valence-corrected chi connectivity index (χ0v) is 13.2. The molecule has 0 amide bonds. The molecule has 3 nitrogen and oxygen atoms in total. The molecule has 1 unspecified atom stereocenters. The van der Waals surface area contributed by atoms with Crippen molar-refractivity contribution in [2.45, 2.75) is 25.8 Å². The summed E-state index contributed by atoms with van der Waals surface area (Å²) in [6.45, 7) is 6.16. The van der Waals surface area contributed by atoms with Crippen LogP contribution in [0.15, 0.2) is 22.7 Å². The van der Waals surface area contributed by atoms with Gasteiger partial charge in [-0.15, -0.1) is 0 Å². The second-order valence-corrected chi connectivity index (χ2v) is 6.41. The summed E-state index contributed by atoms with van der Waals surface area (Å²) in [5.74, 6) is 0.585. The molecule has 0 bridgehead atoms. The molecule has 4 N–H and O–H groups in total. The molecule has 1 saturated heterocycles. The fourth-order valence-electron chi connectivity index (χ4n) is 2.94. The topological polar surface area (TPSA) is 55.3 Å². The van der Waals surface area contributed by atoms with Crippen LogP contribution in [0.3, 0.4) is 0 Å². The summed E-state index contributed by atoms with van der Waals surface area (Å²) in [6, 6.07) is 6.54. The minimum atomic E-state index is 0.150. The second-order valence-electron chi connectivity index (χ2n) is 5.49. The monoisotopic (exact) mass is 325 g/mol. The van der Waals surface area contributed by atoms with Gasteiger partial charge in [0.05, 0.1) is 0 Å². The zero-order valence-electron chi connectivity index (χ0n) is 11.6. The van der Waals surface area contributed by atoms with E-state index < -0.39 is 0 Å². The molecule has 0 aliphatic carbocycles. The number of halogens is 1. The number of rotatable bonds is 4. The number of likely N-dealkylation sites (tertiary alicyclic amines) is 1. The van der Waals surface area contributed by atoms with Crippen LogP contribution in [0.1, 0.15) is 30.0 Å². The fourth-order valence-corrected chi connectivity index (χ4v) is 3.32. The average Bonchev–Trinajstić information content (AvgIpc) is 2.42. The maximum absolute atomic E-state index is 6.49. The summed E-state index contributed by atoms with van der Waals surface area (Å²) in [4.78, 5) is 2.44. The number of nitrogens with two attached hydrogens (primary N) is 2. The van der Waals surface area contributed by atoms with Gasteiger partial charge in [0, 0.05) is 23.6 Å². The zero-order chi connectivity index (χ0) is 13.8. The molecular formula is C15H24BrN3. The van der Waals surface area contributed by atoms with E-state index in [1.165, 1.54) is 24.0 Å². The Bertz CT molecular complexity index is 414. The highest BCUT2D eigenvalue weighted by atomic mass is 79.9. The number of hydrogen-bond acceptors (Lipinski definition) is 3. The Morgan fingerprint density at radius 2 is 2.05 bits per heavy atom. The summed E-state index contributed by atoms with van der Waals surface area (Å²) in [5.41, 5.74) is 14.7. The molecule has 0 aromatic heterocycles. The predicted octanol–water partition coefficient (Wildman–Crippen LogP) is 2.43. The summed E-state index contributed by atoms with van der Waals surface area (Å²) in [5, 5.41) is 0. The van der Waals surface area contributed by atoms with Crippen molar-refractivity contribution in [2.75, 3.05) is 26.2 Å². The minimum absolute atomic E-state index is 0.150. The number of piperidine rings is 1. The summed E-state index contributed by atoms with van der Waals surface area (Å²) in [7, 11) is 0. The first-order chi connectivity index (χ1) is 9.11. The number of aryl methyl sites for hydroxylation is 1. The van der Waals surface area contributed by atoms with E-state index in [0.29, 0.717) is 5.92 Å². The van der Waals surface area contributed by atoms with Gasteiger partial charge < -0.3 is 16.4 Å². The van der Waals surface area contributed by atoms with Gasteiger partial charge in [0.25, 0.3) is 0 Å². The van der Waals surface area contributed by atoms with Gasteiger partial charge in [0.1, 0.15) is 0 Å². The van der Waals surface area contributed by atoms with Crippen LogP contribution in [0.4, 0.5) is 0 Å². The first kappa shape index (κ1) is 15.0. The highest BCUT2D eigenvalue weighted by Crippen LogP contribution is 2.31. The van der Waals surface area contributed by atoms with E-state index in [1.54, 1.807) is 0 Å². The summed E-state index contributed by atoms with van der Waals surface area (Å²) in [6.07, 6.45) is 2.35. The Morgan fingerprint density at radius 3 is 2.68 bits per heavy atom. The third-order valence-electron chi connectivity index (χ3n) is 4.19. The maximum atomic E-state index is 6.49. The first-order valence-corrected chi connectivity index (χ1v) is 7.85. The lowest BCUT2D eigenvalue weighted by molar-refractivity contribution is 0.172. The van der Waals surface area contributed by atoms with Crippen LogP contribution in [0.5, 0.6) is 0 Å². The highest BCUT2D eigenvalue weighted by Gasteiger charge is 2.25. The molecule has 1 heterocycles. The lowest BCUT2D eigenvalue weighted by Crippen LogP contribution is -2.39. The Hall–Kier alpha value is -0.420. The number of hydrogen-bond donors (Lipinski definition) is 2. The Morgan fingerprint density at radius 1 is 1.37 bits per heavy atom. The van der Waals surface area contributed by atoms with E-state index in [4.69, 9.17) is 11.5 Å². The molecule has 1 atom stereocenters. The van der Waals surface area contributed by atoms with Gasteiger partial charge in [-0.1, -0.05) is 22.0 Å². The Kier molecular flexibility index (Phi) is 5.39. The molecule has 0 saturated carbocycles. The van der Waals surface area contributed by atoms with E-state index >= 15 is 0 Å². The fraction of sp³-hybridized carbons (Fsp3) is 0.600. The van der Waals surface area contributed by atoms with Gasteiger partial charge in [-0.2, -0.15) is 0 Å². The molecule has 106 valence electrons. The molecule has 0 spiro atoms. The van der Waals surface area contributed by atoms with Gasteiger partial charge in [0.2, 0.25) is 0 Å². The Labute approximate surface area is 124 Å². The van der Waals surface area contributed by atoms with Gasteiger partial charge >= 0.3 is 0 Å². The maximum Gasteiger partial charge on any atom is 0.0327 e. The standard InChI is InChI=1S/C15H24BrN3/c1-11-2-3-13(16)10-14(11)15(18)12-4-7-19(8-5-12)9-6-17/h2-3,10,12,15H,4-9,17-18H2,1H3. The van der Waals surface area contributed by atoms with Crippen molar-refractivity contribution in [3.63, 3.8) is 0 Å². The number of benzene rings is 1. The van der Waals surface area contributed by atoms with Crippen molar-refractivity contribution in [3.8, 4) is 0 Å². The van der Waals surface area contributed by atoms with Gasteiger partial charge in [-0.3, -0.25) is 0 Å². The molecule has 1 aliphatic heterocycles. The quantitative estimate of drug-likeness (QED) is 0.893. The molecule has 1 aliphatic rings. The molecular weight excluding hydrogens is 302 g/mol. The normalized spacial score (nSPS) is 19.6. The molecule has 4 heteroatoms. The van der Waals surface area contributed by atoms with E-state index in [1.807, 2.05) is 0 Å². The molecule has 19 heavy (non-hydrogen) atoms. The van der Waals surface area contributed by atoms with Gasteiger partial charge in [-0.25, -0.2) is 0 Å². The smallest absolute Gasteiger partial charge is 0.0327 e. The van der Waals surface area contributed by atoms with Crippen molar-refractivity contribution >= 4 is 15.9 Å². The van der Waals surface area contributed by atoms with Crippen molar-refractivity contribution in [3.05, 3.63) is 33.8 Å². The van der Waals surface area contributed by atoms with Crippen LogP contribution in [0, 0.1) is 12.8 Å². The third-order valence-corrected chi connectivity index (χ3v) is 4.68. The third kappa shape index (κ3) is 3.78. The SMILES string of the molecule is Cc1ccc(Br)cc1C(N)C1CCN(CCN)CC1. The minimum Gasteiger partial charge on any atom is -0.329 e. The van der Waals surface area contributed by atoms with Crippen molar-refractivity contribution in [1.29, 1.82) is 0 Å². The average molecular weight is 326 g/mol. The molecule has 1 aromatic rings. The van der Waals surface area contributed by atoms with Crippen LogP contribution in [-0.4, -0.2) is 31.1 Å². The predicted molar refractivity (Wildman–Crippen MR) is 84.0 cm³/mol. The van der Waals surface area contributed by atoms with Crippen LogP contribution < -0.4 is 11.5 Å². The van der Waals surface area contributed by atoms with Gasteiger partial charge in [0.15, 0.2) is 0 Å². The van der Waals surface area contributed by atoms with E-state index in [-0.39, 0.29) is 6.04 Å². The van der Waals surface area contributed by atoms with E-state index in [9.17, 15) is 0 Å². The lowest BCUT2D eigenvalue weighted by Gasteiger charge is -2.35. The van der Waals surface area contributed by atoms with Crippen LogP contribution in [0.25, 0.3) is 0 Å². The van der Waals surface area contributed by atoms with Crippen LogP contribution in [0.2, 0.25) is 0 Å². The van der Waals surface area contributed by atoms with Gasteiger partial charge in [-0.05, 0) is 62.0 Å². The molecule has 1 aromatic carbocycles. The molecule has 1 fully saturated rings. The van der Waals surface area contributed by atoms with E-state index in [2.05, 4.69) is 46.0 Å². The summed E-state index contributed by atoms with van der Waals surface area (Å²) >= 11 is 3.54. The first-order valence-electron chi connectivity index (χ1n) is 7.06.